The van der Waals surface area contributed by atoms with Gasteiger partial charge in [0.1, 0.15) is 5.69 Å². The molecular weight excluding hydrogens is 246 g/mol. The lowest BCUT2D eigenvalue weighted by Crippen LogP contribution is -2.17. The number of H-pyrrole nitrogens is 1. The van der Waals surface area contributed by atoms with Gasteiger partial charge in [0.15, 0.2) is 0 Å². The highest BCUT2D eigenvalue weighted by atomic mass is 16.3. The van der Waals surface area contributed by atoms with Gasteiger partial charge >= 0.3 is 0 Å². The van der Waals surface area contributed by atoms with Gasteiger partial charge in [-0.15, -0.1) is 0 Å². The van der Waals surface area contributed by atoms with Gasteiger partial charge < -0.3 is 10.4 Å². The van der Waals surface area contributed by atoms with E-state index in [1.807, 2.05) is 0 Å². The lowest BCUT2D eigenvalue weighted by atomic mass is 10.1. The number of anilines is 1. The summed E-state index contributed by atoms with van der Waals surface area (Å²) in [5, 5.41) is 17.9. The molecule has 0 saturated heterocycles. The van der Waals surface area contributed by atoms with Gasteiger partial charge in [0.05, 0.1) is 6.10 Å². The third-order valence-electron chi connectivity index (χ3n) is 2.54. The van der Waals surface area contributed by atoms with E-state index < -0.39 is 12.0 Å². The number of aromatic amines is 1. The average molecular weight is 259 g/mol. The highest BCUT2D eigenvalue weighted by Gasteiger charge is 2.09. The Labute approximate surface area is 109 Å². The summed E-state index contributed by atoms with van der Waals surface area (Å²) in [6, 6.07) is 9.45. The Bertz CT molecular complexity index is 629. The summed E-state index contributed by atoms with van der Waals surface area (Å²) in [4.78, 5) is 22.7. The van der Waals surface area contributed by atoms with Gasteiger partial charge in [-0.25, -0.2) is 5.10 Å². The van der Waals surface area contributed by atoms with Crippen molar-refractivity contribution in [3.8, 4) is 0 Å². The van der Waals surface area contributed by atoms with E-state index in [1.165, 1.54) is 12.1 Å². The summed E-state index contributed by atoms with van der Waals surface area (Å²) < 4.78 is 0. The molecule has 6 heteroatoms. The Morgan fingerprint density at radius 3 is 2.79 bits per heavy atom. The van der Waals surface area contributed by atoms with Gasteiger partial charge in [-0.3, -0.25) is 9.59 Å². The molecule has 0 bridgehead atoms. The Morgan fingerprint density at radius 2 is 2.16 bits per heavy atom. The van der Waals surface area contributed by atoms with Crippen LogP contribution < -0.4 is 10.9 Å². The molecule has 1 amide bonds. The number of hydrogen-bond donors (Lipinski definition) is 3. The minimum atomic E-state index is -0.608. The Morgan fingerprint density at radius 1 is 1.37 bits per heavy atom. The van der Waals surface area contributed by atoms with Gasteiger partial charge in [0, 0.05) is 11.8 Å². The van der Waals surface area contributed by atoms with Crippen LogP contribution >= 0.6 is 0 Å². The summed E-state index contributed by atoms with van der Waals surface area (Å²) >= 11 is 0. The van der Waals surface area contributed by atoms with Gasteiger partial charge in [0.2, 0.25) is 0 Å². The second kappa shape index (κ2) is 5.45. The number of rotatable bonds is 3. The first kappa shape index (κ1) is 13.0. The van der Waals surface area contributed by atoms with E-state index >= 15 is 0 Å². The number of carbonyl (C=O) groups is 1. The quantitative estimate of drug-likeness (QED) is 0.768. The SMILES string of the molecule is CC(O)c1cccc(NC(=O)c2ccc(=O)[nH]n2)c1. The minimum absolute atomic E-state index is 0.113. The molecule has 1 heterocycles. The number of nitrogens with zero attached hydrogens (tertiary/aromatic N) is 1. The molecule has 1 aromatic carbocycles. The van der Waals surface area contributed by atoms with E-state index in [9.17, 15) is 14.7 Å². The summed E-state index contributed by atoms with van der Waals surface area (Å²) in [5.41, 5.74) is 0.998. The number of carbonyl (C=O) groups excluding carboxylic acids is 1. The van der Waals surface area contributed by atoms with Crippen LogP contribution in [0.1, 0.15) is 29.1 Å². The van der Waals surface area contributed by atoms with Crippen molar-refractivity contribution < 1.29 is 9.90 Å². The molecule has 2 aromatic rings. The van der Waals surface area contributed by atoms with Crippen molar-refractivity contribution in [2.75, 3.05) is 5.32 Å². The van der Waals surface area contributed by atoms with Crippen LogP contribution in [0.2, 0.25) is 0 Å². The fourth-order valence-corrected chi connectivity index (χ4v) is 1.54. The third kappa shape index (κ3) is 3.26. The van der Waals surface area contributed by atoms with Crippen molar-refractivity contribution >= 4 is 11.6 Å². The monoisotopic (exact) mass is 259 g/mol. The lowest BCUT2D eigenvalue weighted by molar-refractivity contribution is 0.102. The molecule has 1 atom stereocenters. The maximum absolute atomic E-state index is 11.8. The largest absolute Gasteiger partial charge is 0.389 e. The minimum Gasteiger partial charge on any atom is -0.389 e. The van der Waals surface area contributed by atoms with Crippen LogP contribution in [0, 0.1) is 0 Å². The third-order valence-corrected chi connectivity index (χ3v) is 2.54. The maximum Gasteiger partial charge on any atom is 0.276 e. The van der Waals surface area contributed by atoms with Gasteiger partial charge in [-0.2, -0.15) is 5.10 Å². The smallest absolute Gasteiger partial charge is 0.276 e. The molecule has 3 N–H and O–H groups in total. The van der Waals surface area contributed by atoms with Gasteiger partial charge in [-0.05, 0) is 30.7 Å². The molecular formula is C13H13N3O3. The molecule has 0 aliphatic carbocycles. The lowest BCUT2D eigenvalue weighted by Gasteiger charge is -2.08. The number of aliphatic hydroxyl groups is 1. The molecule has 98 valence electrons. The number of nitrogens with one attached hydrogen (secondary N) is 2. The zero-order valence-electron chi connectivity index (χ0n) is 10.3. The van der Waals surface area contributed by atoms with Crippen molar-refractivity contribution in [2.24, 2.45) is 0 Å². The van der Waals surface area contributed by atoms with E-state index in [1.54, 1.807) is 31.2 Å². The van der Waals surface area contributed by atoms with Crippen molar-refractivity contribution in [1.82, 2.24) is 10.2 Å². The highest BCUT2D eigenvalue weighted by Crippen LogP contribution is 2.17. The molecule has 0 saturated carbocycles. The standard InChI is InChI=1S/C13H13N3O3/c1-8(17)9-3-2-4-10(7-9)14-13(19)11-5-6-12(18)16-15-11/h2-8,17H,1H3,(H,14,19)(H,16,18). The predicted molar refractivity (Wildman–Crippen MR) is 69.9 cm³/mol. The summed E-state index contributed by atoms with van der Waals surface area (Å²) in [5.74, 6) is -0.431. The first-order valence-corrected chi connectivity index (χ1v) is 5.71. The van der Waals surface area contributed by atoms with Gasteiger partial charge in [-0.1, -0.05) is 12.1 Å². The molecule has 0 radical (unpaired) electrons. The predicted octanol–water partition coefficient (Wildman–Crippen LogP) is 1.08. The van der Waals surface area contributed by atoms with Crippen LogP contribution in [0.3, 0.4) is 0 Å². The second-order valence-corrected chi connectivity index (χ2v) is 4.06. The molecule has 2 rings (SSSR count). The van der Waals surface area contributed by atoms with Crippen molar-refractivity contribution in [3.05, 3.63) is 58.0 Å². The summed E-state index contributed by atoms with van der Waals surface area (Å²) in [7, 11) is 0. The van der Waals surface area contributed by atoms with Crippen molar-refractivity contribution in [2.45, 2.75) is 13.0 Å². The number of aromatic nitrogens is 2. The van der Waals surface area contributed by atoms with E-state index in [0.717, 1.165) is 0 Å². The first-order chi connectivity index (χ1) is 9.06. The van der Waals surface area contributed by atoms with Crippen molar-refractivity contribution in [1.29, 1.82) is 0 Å². The molecule has 1 unspecified atom stereocenters. The fraction of sp³-hybridized carbons (Fsp3) is 0.154. The van der Waals surface area contributed by atoms with Crippen LogP contribution in [-0.4, -0.2) is 21.2 Å². The topological polar surface area (TPSA) is 95.1 Å². The normalized spacial score (nSPS) is 11.9. The molecule has 0 aliphatic heterocycles. The maximum atomic E-state index is 11.8. The molecule has 6 nitrogen and oxygen atoms in total. The van der Waals surface area contributed by atoms with E-state index in [4.69, 9.17) is 0 Å². The second-order valence-electron chi connectivity index (χ2n) is 4.06. The van der Waals surface area contributed by atoms with Crippen LogP contribution in [0.15, 0.2) is 41.2 Å². The van der Waals surface area contributed by atoms with E-state index in [2.05, 4.69) is 15.5 Å². The molecule has 0 spiro atoms. The van der Waals surface area contributed by atoms with Gasteiger partial charge in [0.25, 0.3) is 11.5 Å². The van der Waals surface area contributed by atoms with Crippen LogP contribution in [-0.2, 0) is 0 Å². The summed E-state index contributed by atoms with van der Waals surface area (Å²) in [6.07, 6.45) is -0.608. The Hall–Kier alpha value is -2.47. The Kier molecular flexibility index (Phi) is 3.72. The zero-order valence-corrected chi connectivity index (χ0v) is 10.3. The molecule has 0 fully saturated rings. The first-order valence-electron chi connectivity index (χ1n) is 5.71. The zero-order chi connectivity index (χ0) is 13.8. The molecule has 1 aromatic heterocycles. The van der Waals surface area contributed by atoms with Crippen LogP contribution in [0.5, 0.6) is 0 Å². The number of aliphatic hydroxyl groups excluding tert-OH is 1. The number of benzene rings is 1. The van der Waals surface area contributed by atoms with E-state index in [-0.39, 0.29) is 11.3 Å². The van der Waals surface area contributed by atoms with Crippen LogP contribution in [0.4, 0.5) is 5.69 Å². The number of amides is 1. The molecule has 0 aliphatic rings. The molecule has 19 heavy (non-hydrogen) atoms. The summed E-state index contributed by atoms with van der Waals surface area (Å²) in [6.45, 7) is 1.64. The van der Waals surface area contributed by atoms with E-state index in [0.29, 0.717) is 11.3 Å². The highest BCUT2D eigenvalue weighted by molar-refractivity contribution is 6.02. The Balaban J connectivity index is 2.17. The van der Waals surface area contributed by atoms with Crippen LogP contribution in [0.25, 0.3) is 0 Å². The number of hydrogen-bond acceptors (Lipinski definition) is 4. The van der Waals surface area contributed by atoms with Crippen molar-refractivity contribution in [3.63, 3.8) is 0 Å². The average Bonchev–Trinajstić information content (AvgIpc) is 2.39. The fourth-order valence-electron chi connectivity index (χ4n) is 1.54.